The van der Waals surface area contributed by atoms with Gasteiger partial charge in [-0.1, -0.05) is 71.6 Å². The number of hydrogen-bond donors (Lipinski definition) is 0. The van der Waals surface area contributed by atoms with Crippen LogP contribution in [0.25, 0.3) is 0 Å². The fraction of sp³-hybridized carbons (Fsp3) is 0.938. The molecule has 0 aromatic heterocycles. The van der Waals surface area contributed by atoms with E-state index in [0.29, 0.717) is 11.7 Å². The van der Waals surface area contributed by atoms with Gasteiger partial charge in [-0.25, -0.2) is 0 Å². The van der Waals surface area contributed by atoms with Gasteiger partial charge in [0.05, 0.1) is 0 Å². The molecule has 0 unspecified atom stereocenters. The monoisotopic (exact) mass is 238 g/mol. The van der Waals surface area contributed by atoms with Crippen LogP contribution in [-0.4, -0.2) is 5.78 Å². The minimum Gasteiger partial charge on any atom is -0.299 e. The molecule has 0 aromatic carbocycles. The smallest absolute Gasteiger partial charge is 0.138 e. The molecular formula is C16H30O. The van der Waals surface area contributed by atoms with Gasteiger partial charge in [0, 0.05) is 11.8 Å². The summed E-state index contributed by atoms with van der Waals surface area (Å²) in [4.78, 5) is 12.1. The van der Waals surface area contributed by atoms with Crippen molar-refractivity contribution in [1.82, 2.24) is 0 Å². The topological polar surface area (TPSA) is 17.1 Å². The van der Waals surface area contributed by atoms with Crippen LogP contribution in [0.15, 0.2) is 0 Å². The first-order valence-corrected chi connectivity index (χ1v) is 7.75. The van der Waals surface area contributed by atoms with Gasteiger partial charge in [0.25, 0.3) is 0 Å². The van der Waals surface area contributed by atoms with Crippen molar-refractivity contribution in [2.24, 2.45) is 11.8 Å². The third-order valence-electron chi connectivity index (χ3n) is 4.08. The van der Waals surface area contributed by atoms with E-state index in [4.69, 9.17) is 0 Å². The van der Waals surface area contributed by atoms with Crippen LogP contribution in [0.3, 0.4) is 0 Å². The second-order valence-electron chi connectivity index (χ2n) is 6.01. The van der Waals surface area contributed by atoms with Crippen molar-refractivity contribution in [2.45, 2.75) is 84.5 Å². The second kappa shape index (κ2) is 8.72. The molecule has 0 bridgehead atoms. The lowest BCUT2D eigenvalue weighted by Crippen LogP contribution is -2.20. The van der Waals surface area contributed by atoms with Gasteiger partial charge in [-0.3, -0.25) is 4.79 Å². The van der Waals surface area contributed by atoms with E-state index < -0.39 is 0 Å². The van der Waals surface area contributed by atoms with E-state index >= 15 is 0 Å². The van der Waals surface area contributed by atoms with Crippen molar-refractivity contribution < 1.29 is 4.79 Å². The molecule has 0 N–H and O–H groups in total. The Hall–Kier alpha value is -0.330. The largest absolute Gasteiger partial charge is 0.299 e. The van der Waals surface area contributed by atoms with Gasteiger partial charge >= 0.3 is 0 Å². The van der Waals surface area contributed by atoms with E-state index in [1.807, 2.05) is 0 Å². The summed E-state index contributed by atoms with van der Waals surface area (Å²) in [6.07, 6.45) is 14.5. The fourth-order valence-electron chi connectivity index (χ4n) is 2.92. The Bertz CT molecular complexity index is 196. The van der Waals surface area contributed by atoms with Crippen molar-refractivity contribution in [3.8, 4) is 0 Å². The molecule has 17 heavy (non-hydrogen) atoms. The summed E-state index contributed by atoms with van der Waals surface area (Å²) in [6, 6.07) is 0. The predicted molar refractivity (Wildman–Crippen MR) is 74.1 cm³/mol. The molecule has 0 spiro atoms. The lowest BCUT2D eigenvalue weighted by molar-refractivity contribution is -0.126. The Morgan fingerprint density at radius 3 is 1.47 bits per heavy atom. The first kappa shape index (κ1) is 14.7. The summed E-state index contributed by atoms with van der Waals surface area (Å²) in [5.41, 5.74) is 0. The maximum absolute atomic E-state index is 12.1. The van der Waals surface area contributed by atoms with Crippen LogP contribution in [0.2, 0.25) is 0 Å². The molecular weight excluding hydrogens is 208 g/mol. The highest BCUT2D eigenvalue weighted by Gasteiger charge is 2.20. The number of rotatable bonds is 2. The minimum absolute atomic E-state index is 0.230. The highest BCUT2D eigenvalue weighted by Crippen LogP contribution is 2.23. The van der Waals surface area contributed by atoms with Crippen LogP contribution >= 0.6 is 0 Å². The highest BCUT2D eigenvalue weighted by atomic mass is 16.1. The Labute approximate surface area is 107 Å². The lowest BCUT2D eigenvalue weighted by atomic mass is 9.86. The maximum Gasteiger partial charge on any atom is 0.138 e. The van der Waals surface area contributed by atoms with E-state index in [1.54, 1.807) is 0 Å². The average Bonchev–Trinajstić information content (AvgIpc) is 2.29. The van der Waals surface area contributed by atoms with Gasteiger partial charge in [0.1, 0.15) is 5.78 Å². The zero-order valence-electron chi connectivity index (χ0n) is 11.8. The average molecular weight is 238 g/mol. The molecule has 1 heteroatoms. The zero-order valence-corrected chi connectivity index (χ0v) is 11.8. The second-order valence-corrected chi connectivity index (χ2v) is 6.01. The van der Waals surface area contributed by atoms with Crippen LogP contribution in [0, 0.1) is 11.8 Å². The highest BCUT2D eigenvalue weighted by molar-refractivity contribution is 5.82. The maximum atomic E-state index is 12.1. The molecule has 1 fully saturated rings. The fourth-order valence-corrected chi connectivity index (χ4v) is 2.92. The van der Waals surface area contributed by atoms with Crippen LogP contribution < -0.4 is 0 Å². The summed E-state index contributed by atoms with van der Waals surface area (Å²) in [5.74, 6) is 1.12. The van der Waals surface area contributed by atoms with Crippen molar-refractivity contribution in [2.75, 3.05) is 0 Å². The van der Waals surface area contributed by atoms with E-state index in [-0.39, 0.29) is 5.92 Å². The molecule has 0 atom stereocenters. The number of carbonyl (C=O) groups is 1. The van der Waals surface area contributed by atoms with E-state index in [0.717, 1.165) is 12.8 Å². The predicted octanol–water partition coefficient (Wildman–Crippen LogP) is 5.13. The van der Waals surface area contributed by atoms with Crippen LogP contribution in [0.1, 0.15) is 84.5 Å². The van der Waals surface area contributed by atoms with Gasteiger partial charge in [0.15, 0.2) is 0 Å². The van der Waals surface area contributed by atoms with E-state index in [9.17, 15) is 4.79 Å². The SMILES string of the molecule is CC(C)C(=O)C1CCCCCCCCCCC1. The van der Waals surface area contributed by atoms with Crippen molar-refractivity contribution >= 4 is 5.78 Å². The van der Waals surface area contributed by atoms with Crippen molar-refractivity contribution in [3.05, 3.63) is 0 Å². The molecule has 0 aromatic rings. The van der Waals surface area contributed by atoms with E-state index in [2.05, 4.69) is 13.8 Å². The van der Waals surface area contributed by atoms with Crippen LogP contribution in [-0.2, 0) is 4.79 Å². The van der Waals surface area contributed by atoms with Crippen LogP contribution in [0.4, 0.5) is 0 Å². The number of Topliss-reactive ketones (excluding diaryl/α,β-unsaturated/α-hetero) is 1. The van der Waals surface area contributed by atoms with Gasteiger partial charge < -0.3 is 0 Å². The molecule has 0 heterocycles. The first-order chi connectivity index (χ1) is 8.22. The summed E-state index contributed by atoms with van der Waals surface area (Å²) in [6.45, 7) is 4.11. The van der Waals surface area contributed by atoms with Crippen molar-refractivity contribution in [3.63, 3.8) is 0 Å². The molecule has 1 rings (SSSR count). The molecule has 100 valence electrons. The molecule has 1 saturated carbocycles. The minimum atomic E-state index is 0.230. The number of ketones is 1. The van der Waals surface area contributed by atoms with Gasteiger partial charge in [0.2, 0.25) is 0 Å². The Morgan fingerprint density at radius 2 is 1.12 bits per heavy atom. The first-order valence-electron chi connectivity index (χ1n) is 7.75. The molecule has 1 aliphatic carbocycles. The molecule has 1 aliphatic rings. The summed E-state index contributed by atoms with van der Waals surface area (Å²) < 4.78 is 0. The standard InChI is InChI=1S/C16H30O/c1-14(2)16(17)15-12-10-8-6-4-3-5-7-9-11-13-15/h14-15H,3-13H2,1-2H3. The zero-order chi connectivity index (χ0) is 12.5. The normalized spacial score (nSPS) is 21.8. The van der Waals surface area contributed by atoms with Crippen LogP contribution in [0.5, 0.6) is 0 Å². The Balaban J connectivity index is 2.39. The molecule has 0 saturated heterocycles. The quantitative estimate of drug-likeness (QED) is 0.651. The molecule has 0 amide bonds. The Morgan fingerprint density at radius 1 is 0.765 bits per heavy atom. The molecule has 0 radical (unpaired) electrons. The summed E-state index contributed by atoms with van der Waals surface area (Å²) >= 11 is 0. The van der Waals surface area contributed by atoms with Gasteiger partial charge in [-0.05, 0) is 12.8 Å². The van der Waals surface area contributed by atoms with Gasteiger partial charge in [-0.2, -0.15) is 0 Å². The third kappa shape index (κ3) is 6.24. The lowest BCUT2D eigenvalue weighted by Gasteiger charge is -2.18. The number of hydrogen-bond acceptors (Lipinski definition) is 1. The summed E-state index contributed by atoms with van der Waals surface area (Å²) in [7, 11) is 0. The van der Waals surface area contributed by atoms with Gasteiger partial charge in [-0.15, -0.1) is 0 Å². The molecule has 1 nitrogen and oxygen atoms in total. The Kier molecular flexibility index (Phi) is 7.55. The third-order valence-corrected chi connectivity index (χ3v) is 4.08. The number of carbonyl (C=O) groups excluding carboxylic acids is 1. The molecule has 0 aliphatic heterocycles. The van der Waals surface area contributed by atoms with E-state index in [1.165, 1.54) is 57.8 Å². The summed E-state index contributed by atoms with van der Waals surface area (Å²) in [5, 5.41) is 0. The van der Waals surface area contributed by atoms with Crippen molar-refractivity contribution in [1.29, 1.82) is 0 Å².